The SMILES string of the molecule is CC(C)(O)Cn1cc(-c2nc(Nc3ccc(S(=O)(=O)NCCOCCOCCOCCN)cc3F)ncc2C(F)(F)F)cn1. The van der Waals surface area contributed by atoms with E-state index in [9.17, 15) is 31.1 Å². The summed E-state index contributed by atoms with van der Waals surface area (Å²) >= 11 is 0. The lowest BCUT2D eigenvalue weighted by Crippen LogP contribution is -2.28. The quantitative estimate of drug-likeness (QED) is 0.118. The summed E-state index contributed by atoms with van der Waals surface area (Å²) in [6, 6.07) is 2.95. The summed E-state index contributed by atoms with van der Waals surface area (Å²) in [5, 5.41) is 16.5. The molecule has 0 radical (unpaired) electrons. The number of anilines is 2. The predicted molar refractivity (Wildman–Crippen MR) is 151 cm³/mol. The van der Waals surface area contributed by atoms with E-state index in [0.29, 0.717) is 32.6 Å². The van der Waals surface area contributed by atoms with E-state index in [1.165, 1.54) is 24.7 Å². The Hall–Kier alpha value is -3.26. The third-order valence-corrected chi connectivity index (χ3v) is 7.05. The number of aromatic nitrogens is 4. The van der Waals surface area contributed by atoms with Crippen LogP contribution in [0.1, 0.15) is 19.4 Å². The summed E-state index contributed by atoms with van der Waals surface area (Å²) < 4.78 is 100. The first-order valence-corrected chi connectivity index (χ1v) is 14.9. The molecule has 13 nitrogen and oxygen atoms in total. The molecule has 1 aromatic carbocycles. The third-order valence-electron chi connectivity index (χ3n) is 5.59. The lowest BCUT2D eigenvalue weighted by atomic mass is 10.1. The smallest absolute Gasteiger partial charge is 0.389 e. The van der Waals surface area contributed by atoms with Crippen LogP contribution >= 0.6 is 0 Å². The standard InChI is InChI=1S/C26H35F4N7O6S/c1-25(2,38)17-37-16-18(14-33-37)23-20(26(28,29)30)15-32-24(36-23)35-22-4-3-19(13-21(22)27)44(39,40)34-6-8-42-10-12-43-11-9-41-7-5-31/h3-4,13-16,34,38H,5-12,17,31H2,1-2H3,(H,32,35,36). The van der Waals surface area contributed by atoms with Crippen LogP contribution in [0.25, 0.3) is 11.3 Å². The van der Waals surface area contributed by atoms with Gasteiger partial charge in [-0.25, -0.2) is 27.5 Å². The topological polar surface area (TPSA) is 176 Å². The second kappa shape index (κ2) is 15.6. The number of hydrogen-bond acceptors (Lipinski definition) is 11. The fourth-order valence-electron chi connectivity index (χ4n) is 3.68. The Morgan fingerprint density at radius 2 is 1.68 bits per heavy atom. The monoisotopic (exact) mass is 649 g/mol. The van der Waals surface area contributed by atoms with Crippen LogP contribution < -0.4 is 15.8 Å². The van der Waals surface area contributed by atoms with Crippen molar-refractivity contribution in [2.24, 2.45) is 5.73 Å². The summed E-state index contributed by atoms with van der Waals surface area (Å²) in [5.74, 6) is -1.39. The van der Waals surface area contributed by atoms with Crippen LogP contribution in [0.2, 0.25) is 0 Å². The summed E-state index contributed by atoms with van der Waals surface area (Å²) in [4.78, 5) is 7.21. The van der Waals surface area contributed by atoms with Crippen molar-refractivity contribution in [1.29, 1.82) is 0 Å². The Bertz CT molecular complexity index is 1470. The molecule has 5 N–H and O–H groups in total. The first-order valence-electron chi connectivity index (χ1n) is 13.4. The maximum Gasteiger partial charge on any atom is 0.419 e. The highest BCUT2D eigenvalue weighted by Gasteiger charge is 2.36. The minimum atomic E-state index is -4.81. The van der Waals surface area contributed by atoms with E-state index in [4.69, 9.17) is 19.9 Å². The van der Waals surface area contributed by atoms with E-state index in [1.54, 1.807) is 0 Å². The van der Waals surface area contributed by atoms with Gasteiger partial charge in [-0.15, -0.1) is 0 Å². The molecule has 0 unspecified atom stereocenters. The minimum Gasteiger partial charge on any atom is -0.389 e. The number of aliphatic hydroxyl groups is 1. The molecule has 2 heterocycles. The molecule has 0 amide bonds. The third kappa shape index (κ3) is 11.0. The molecule has 0 atom stereocenters. The van der Waals surface area contributed by atoms with Crippen LogP contribution in [0.4, 0.5) is 29.2 Å². The molecule has 18 heteroatoms. The van der Waals surface area contributed by atoms with Crippen molar-refractivity contribution in [3.63, 3.8) is 0 Å². The number of ether oxygens (including phenoxy) is 3. The molecule has 0 saturated heterocycles. The van der Waals surface area contributed by atoms with Crippen LogP contribution in [-0.4, -0.2) is 91.6 Å². The molecule has 0 fully saturated rings. The minimum absolute atomic E-state index is 0.00825. The van der Waals surface area contributed by atoms with Crippen molar-refractivity contribution in [2.45, 2.75) is 37.1 Å². The first-order chi connectivity index (χ1) is 20.7. The van der Waals surface area contributed by atoms with E-state index in [-0.39, 0.29) is 55.0 Å². The van der Waals surface area contributed by atoms with Gasteiger partial charge in [-0.05, 0) is 32.0 Å². The van der Waals surface area contributed by atoms with Gasteiger partial charge in [-0.1, -0.05) is 0 Å². The van der Waals surface area contributed by atoms with Gasteiger partial charge in [0.05, 0.1) is 74.3 Å². The van der Waals surface area contributed by atoms with E-state index in [0.717, 1.165) is 24.4 Å². The van der Waals surface area contributed by atoms with Crippen LogP contribution in [0.15, 0.2) is 41.7 Å². The zero-order valence-electron chi connectivity index (χ0n) is 24.1. The highest BCUT2D eigenvalue weighted by Crippen LogP contribution is 2.36. The molecule has 0 aliphatic carbocycles. The molecule has 3 aromatic rings. The lowest BCUT2D eigenvalue weighted by Gasteiger charge is -2.16. The largest absolute Gasteiger partial charge is 0.419 e. The van der Waals surface area contributed by atoms with Crippen molar-refractivity contribution in [3.8, 4) is 11.3 Å². The second-order valence-corrected chi connectivity index (χ2v) is 11.7. The van der Waals surface area contributed by atoms with Gasteiger partial charge in [-0.3, -0.25) is 4.68 Å². The molecule has 0 saturated carbocycles. The number of nitrogens with two attached hydrogens (primary N) is 1. The summed E-state index contributed by atoms with van der Waals surface area (Å²) in [6.45, 7) is 5.14. The Balaban J connectivity index is 1.62. The molecule has 2 aromatic heterocycles. The molecule has 0 aliphatic heterocycles. The van der Waals surface area contributed by atoms with Gasteiger partial charge in [0.1, 0.15) is 11.4 Å². The normalized spacial score (nSPS) is 12.5. The molecule has 0 bridgehead atoms. The van der Waals surface area contributed by atoms with Gasteiger partial charge >= 0.3 is 6.18 Å². The highest BCUT2D eigenvalue weighted by molar-refractivity contribution is 7.89. The van der Waals surface area contributed by atoms with Crippen molar-refractivity contribution >= 4 is 21.7 Å². The van der Waals surface area contributed by atoms with Crippen LogP contribution in [0, 0.1) is 5.82 Å². The van der Waals surface area contributed by atoms with Crippen molar-refractivity contribution < 1.29 is 45.3 Å². The average Bonchev–Trinajstić information content (AvgIpc) is 3.39. The lowest BCUT2D eigenvalue weighted by molar-refractivity contribution is -0.137. The first kappa shape index (κ1) is 35.2. The molecular weight excluding hydrogens is 614 g/mol. The van der Waals surface area contributed by atoms with Crippen LogP contribution in [0.3, 0.4) is 0 Å². The highest BCUT2D eigenvalue weighted by atomic mass is 32.2. The number of benzene rings is 1. The van der Waals surface area contributed by atoms with Crippen LogP contribution in [-0.2, 0) is 37.0 Å². The Kier molecular flexibility index (Phi) is 12.5. The Labute approximate surface area is 251 Å². The van der Waals surface area contributed by atoms with Gasteiger partial charge < -0.3 is 30.4 Å². The van der Waals surface area contributed by atoms with Crippen LogP contribution in [0.5, 0.6) is 0 Å². The molecule has 0 aliphatic rings. The average molecular weight is 650 g/mol. The second-order valence-electron chi connectivity index (χ2n) is 9.98. The number of rotatable bonds is 18. The molecule has 44 heavy (non-hydrogen) atoms. The molecular formula is C26H35F4N7O6S. The zero-order chi connectivity index (χ0) is 32.4. The van der Waals surface area contributed by atoms with Gasteiger partial charge in [0, 0.05) is 31.0 Å². The van der Waals surface area contributed by atoms with Gasteiger partial charge in [-0.2, -0.15) is 18.3 Å². The number of sulfonamides is 1. The predicted octanol–water partition coefficient (Wildman–Crippen LogP) is 2.30. The van der Waals surface area contributed by atoms with Gasteiger partial charge in [0.15, 0.2) is 0 Å². The van der Waals surface area contributed by atoms with Gasteiger partial charge in [0.25, 0.3) is 0 Å². The van der Waals surface area contributed by atoms with Crippen molar-refractivity contribution in [2.75, 3.05) is 58.0 Å². The number of hydrogen-bond donors (Lipinski definition) is 4. The Morgan fingerprint density at radius 1 is 1.02 bits per heavy atom. The fourth-order valence-corrected chi connectivity index (χ4v) is 4.70. The Morgan fingerprint density at radius 3 is 2.30 bits per heavy atom. The number of alkyl halides is 3. The maximum atomic E-state index is 14.9. The van der Waals surface area contributed by atoms with Gasteiger partial charge in [0.2, 0.25) is 16.0 Å². The molecule has 3 rings (SSSR count). The van der Waals surface area contributed by atoms with E-state index in [2.05, 4.69) is 25.1 Å². The fraction of sp³-hybridized carbons (Fsp3) is 0.500. The summed E-state index contributed by atoms with van der Waals surface area (Å²) in [6.07, 6.45) is -1.82. The van der Waals surface area contributed by atoms with Crippen molar-refractivity contribution in [3.05, 3.63) is 48.2 Å². The zero-order valence-corrected chi connectivity index (χ0v) is 24.9. The van der Waals surface area contributed by atoms with E-state index in [1.807, 2.05) is 0 Å². The number of halogens is 4. The molecule has 244 valence electrons. The number of nitrogens with zero attached hydrogens (tertiary/aromatic N) is 4. The summed E-state index contributed by atoms with van der Waals surface area (Å²) in [5.41, 5.74) is 2.17. The van der Waals surface area contributed by atoms with E-state index < -0.39 is 38.9 Å². The summed E-state index contributed by atoms with van der Waals surface area (Å²) in [7, 11) is -4.10. The number of nitrogens with one attached hydrogen (secondary N) is 2. The molecule has 0 spiro atoms. The van der Waals surface area contributed by atoms with E-state index >= 15 is 0 Å². The van der Waals surface area contributed by atoms with Crippen molar-refractivity contribution in [1.82, 2.24) is 24.5 Å². The maximum absolute atomic E-state index is 14.9.